The van der Waals surface area contributed by atoms with Crippen molar-refractivity contribution < 1.29 is 9.59 Å². The summed E-state index contributed by atoms with van der Waals surface area (Å²) >= 11 is 1.46. The third-order valence-corrected chi connectivity index (χ3v) is 4.57. The van der Waals surface area contributed by atoms with Gasteiger partial charge in [0.15, 0.2) is 5.12 Å². The molecule has 0 fully saturated rings. The van der Waals surface area contributed by atoms with Crippen LogP contribution in [0.5, 0.6) is 0 Å². The SMILES string of the molecule is CCSC(=O)CCCCCCCCCCCCCCC=O. The number of hydrogen-bond acceptors (Lipinski definition) is 3. The molecule has 2 nitrogen and oxygen atoms in total. The molecule has 124 valence electrons. The Labute approximate surface area is 135 Å². The molecular formula is C18H34O2S. The quantitative estimate of drug-likeness (QED) is 0.262. The maximum atomic E-state index is 11.3. The van der Waals surface area contributed by atoms with Gasteiger partial charge in [-0.25, -0.2) is 0 Å². The zero-order chi connectivity index (χ0) is 15.6. The van der Waals surface area contributed by atoms with E-state index in [4.69, 9.17) is 0 Å². The lowest BCUT2D eigenvalue weighted by atomic mass is 10.0. The van der Waals surface area contributed by atoms with Crippen molar-refractivity contribution in [2.75, 3.05) is 5.75 Å². The number of unbranched alkanes of at least 4 members (excludes halogenated alkanes) is 12. The van der Waals surface area contributed by atoms with Crippen LogP contribution < -0.4 is 0 Å². The lowest BCUT2D eigenvalue weighted by Crippen LogP contribution is -1.92. The first-order valence-electron chi connectivity index (χ1n) is 8.90. The van der Waals surface area contributed by atoms with Gasteiger partial charge in [-0.2, -0.15) is 0 Å². The van der Waals surface area contributed by atoms with Gasteiger partial charge in [0.05, 0.1) is 0 Å². The van der Waals surface area contributed by atoms with Crippen molar-refractivity contribution in [1.29, 1.82) is 0 Å². The Morgan fingerprint density at radius 2 is 1.19 bits per heavy atom. The Balaban J connectivity index is 3.02. The summed E-state index contributed by atoms with van der Waals surface area (Å²) in [5.74, 6) is 0.913. The van der Waals surface area contributed by atoms with Gasteiger partial charge in [0.1, 0.15) is 6.29 Å². The molecular weight excluding hydrogens is 280 g/mol. The van der Waals surface area contributed by atoms with Crippen molar-refractivity contribution in [2.24, 2.45) is 0 Å². The Bertz CT molecular complexity index is 241. The highest BCUT2D eigenvalue weighted by atomic mass is 32.2. The highest BCUT2D eigenvalue weighted by molar-refractivity contribution is 8.13. The van der Waals surface area contributed by atoms with E-state index in [9.17, 15) is 9.59 Å². The molecule has 0 N–H and O–H groups in total. The highest BCUT2D eigenvalue weighted by Gasteiger charge is 2.00. The summed E-state index contributed by atoms with van der Waals surface area (Å²) in [4.78, 5) is 21.5. The molecule has 0 aromatic heterocycles. The van der Waals surface area contributed by atoms with Crippen molar-refractivity contribution in [3.63, 3.8) is 0 Å². The van der Waals surface area contributed by atoms with Crippen LogP contribution in [0.1, 0.15) is 96.8 Å². The molecule has 0 amide bonds. The van der Waals surface area contributed by atoms with Gasteiger partial charge in [-0.05, 0) is 18.6 Å². The largest absolute Gasteiger partial charge is 0.303 e. The number of carbonyl (C=O) groups excluding carboxylic acids is 2. The fraction of sp³-hybridized carbons (Fsp3) is 0.889. The van der Waals surface area contributed by atoms with Crippen molar-refractivity contribution in [3.05, 3.63) is 0 Å². The van der Waals surface area contributed by atoms with Crippen molar-refractivity contribution in [3.8, 4) is 0 Å². The van der Waals surface area contributed by atoms with Crippen molar-refractivity contribution in [2.45, 2.75) is 96.8 Å². The van der Waals surface area contributed by atoms with E-state index in [2.05, 4.69) is 0 Å². The van der Waals surface area contributed by atoms with Crippen LogP contribution in [0.25, 0.3) is 0 Å². The van der Waals surface area contributed by atoms with Gasteiger partial charge in [-0.15, -0.1) is 0 Å². The predicted octanol–water partition coefficient (Wildman–Crippen LogP) is 5.93. The van der Waals surface area contributed by atoms with Crippen LogP contribution in [-0.2, 0) is 9.59 Å². The number of rotatable bonds is 16. The van der Waals surface area contributed by atoms with Crippen LogP contribution in [0.4, 0.5) is 0 Å². The molecule has 0 spiro atoms. The third kappa shape index (κ3) is 17.6. The fourth-order valence-corrected chi connectivity index (χ4v) is 3.11. The van der Waals surface area contributed by atoms with Crippen LogP contribution in [0.2, 0.25) is 0 Å². The molecule has 0 saturated heterocycles. The predicted molar refractivity (Wildman–Crippen MR) is 93.8 cm³/mol. The Morgan fingerprint density at radius 1 is 0.762 bits per heavy atom. The summed E-state index contributed by atoms with van der Waals surface area (Å²) in [5.41, 5.74) is 0. The molecule has 0 radical (unpaired) electrons. The van der Waals surface area contributed by atoms with E-state index in [0.717, 1.165) is 37.7 Å². The zero-order valence-electron chi connectivity index (χ0n) is 13.9. The average Bonchev–Trinajstić information content (AvgIpc) is 2.48. The highest BCUT2D eigenvalue weighted by Crippen LogP contribution is 2.14. The number of thioether (sulfide) groups is 1. The second kappa shape index (κ2) is 17.7. The van der Waals surface area contributed by atoms with E-state index < -0.39 is 0 Å². The second-order valence-corrected chi connectivity index (χ2v) is 7.07. The molecule has 0 atom stereocenters. The van der Waals surface area contributed by atoms with Gasteiger partial charge in [0, 0.05) is 12.8 Å². The monoisotopic (exact) mass is 314 g/mol. The molecule has 0 bridgehead atoms. The molecule has 0 aliphatic heterocycles. The summed E-state index contributed by atoms with van der Waals surface area (Å²) in [5, 5.41) is 0.366. The molecule has 0 rings (SSSR count). The first kappa shape index (κ1) is 20.7. The van der Waals surface area contributed by atoms with E-state index in [1.165, 1.54) is 76.0 Å². The van der Waals surface area contributed by atoms with Crippen LogP contribution in [0.3, 0.4) is 0 Å². The lowest BCUT2D eigenvalue weighted by Gasteiger charge is -2.03. The van der Waals surface area contributed by atoms with Gasteiger partial charge >= 0.3 is 0 Å². The average molecular weight is 315 g/mol. The van der Waals surface area contributed by atoms with Crippen LogP contribution in [0, 0.1) is 0 Å². The summed E-state index contributed by atoms with van der Waals surface area (Å²) in [7, 11) is 0. The Hall–Kier alpha value is -0.310. The number of carbonyl (C=O) groups is 2. The summed E-state index contributed by atoms with van der Waals surface area (Å²) in [6.45, 7) is 2.04. The van der Waals surface area contributed by atoms with Gasteiger partial charge in [0.25, 0.3) is 0 Å². The van der Waals surface area contributed by atoms with Gasteiger partial charge in [0.2, 0.25) is 0 Å². The van der Waals surface area contributed by atoms with E-state index in [1.807, 2.05) is 6.92 Å². The molecule has 0 saturated carbocycles. The zero-order valence-corrected chi connectivity index (χ0v) is 14.7. The molecule has 0 heterocycles. The normalized spacial score (nSPS) is 10.7. The van der Waals surface area contributed by atoms with Gasteiger partial charge in [-0.1, -0.05) is 82.9 Å². The van der Waals surface area contributed by atoms with E-state index in [-0.39, 0.29) is 0 Å². The third-order valence-electron chi connectivity index (χ3n) is 3.76. The minimum atomic E-state index is 0.366. The maximum Gasteiger partial charge on any atom is 0.188 e. The van der Waals surface area contributed by atoms with Crippen molar-refractivity contribution >= 4 is 23.2 Å². The first-order chi connectivity index (χ1) is 10.3. The van der Waals surface area contributed by atoms with Crippen molar-refractivity contribution in [1.82, 2.24) is 0 Å². The van der Waals surface area contributed by atoms with Crippen LogP contribution >= 0.6 is 11.8 Å². The molecule has 3 heteroatoms. The Morgan fingerprint density at radius 3 is 1.62 bits per heavy atom. The smallest absolute Gasteiger partial charge is 0.188 e. The van der Waals surface area contributed by atoms with Crippen LogP contribution in [-0.4, -0.2) is 17.2 Å². The minimum Gasteiger partial charge on any atom is -0.303 e. The molecule has 0 aliphatic carbocycles. The standard InChI is InChI=1S/C18H34O2S/c1-2-21-18(20)16-14-12-10-8-6-4-3-5-7-9-11-13-15-17-19/h17H,2-16H2,1H3. The summed E-state index contributed by atoms with van der Waals surface area (Å²) < 4.78 is 0. The molecule has 0 aromatic carbocycles. The van der Waals surface area contributed by atoms with Gasteiger partial charge in [-0.3, -0.25) is 4.79 Å². The summed E-state index contributed by atoms with van der Waals surface area (Å²) in [6, 6.07) is 0. The number of hydrogen-bond donors (Lipinski definition) is 0. The van der Waals surface area contributed by atoms with Gasteiger partial charge < -0.3 is 4.79 Å². The topological polar surface area (TPSA) is 34.1 Å². The summed E-state index contributed by atoms with van der Waals surface area (Å²) in [6.07, 6.45) is 17.8. The Kier molecular flexibility index (Phi) is 17.5. The lowest BCUT2D eigenvalue weighted by molar-refractivity contribution is -0.111. The van der Waals surface area contributed by atoms with E-state index in [1.54, 1.807) is 0 Å². The minimum absolute atomic E-state index is 0.366. The number of aldehydes is 1. The van der Waals surface area contributed by atoms with E-state index in [0.29, 0.717) is 5.12 Å². The second-order valence-electron chi connectivity index (χ2n) is 5.75. The molecule has 0 aromatic rings. The fourth-order valence-electron chi connectivity index (χ4n) is 2.50. The van der Waals surface area contributed by atoms with E-state index >= 15 is 0 Å². The van der Waals surface area contributed by atoms with Crippen LogP contribution in [0.15, 0.2) is 0 Å². The molecule has 0 unspecified atom stereocenters. The molecule has 0 aliphatic rings. The maximum absolute atomic E-state index is 11.3. The first-order valence-corrected chi connectivity index (χ1v) is 9.89. The molecule has 21 heavy (non-hydrogen) atoms.